The Morgan fingerprint density at radius 2 is 1.81 bits per heavy atom. The molecule has 0 spiro atoms. The monoisotopic (exact) mass is 280 g/mol. The van der Waals surface area contributed by atoms with Gasteiger partial charge in [0, 0.05) is 23.6 Å². The lowest BCUT2D eigenvalue weighted by molar-refractivity contribution is 0.309. The lowest BCUT2D eigenvalue weighted by Gasteiger charge is -2.12. The predicted molar refractivity (Wildman–Crippen MR) is 86.5 cm³/mol. The Morgan fingerprint density at radius 1 is 1.00 bits per heavy atom. The second-order valence-electron chi connectivity index (χ2n) is 5.50. The zero-order valence-corrected chi connectivity index (χ0v) is 12.5. The fraction of sp³-hybridized carbons (Fsp3) is 0.222. The maximum Gasteiger partial charge on any atom is 0.129 e. The first-order chi connectivity index (χ1) is 10.2. The number of H-pyrrole nitrogens is 1. The number of ether oxygens (including phenoxy) is 1. The van der Waals surface area contributed by atoms with Crippen molar-refractivity contribution in [1.82, 2.24) is 9.88 Å². The highest BCUT2D eigenvalue weighted by Crippen LogP contribution is 2.30. The zero-order chi connectivity index (χ0) is 14.7. The van der Waals surface area contributed by atoms with Gasteiger partial charge in [-0.25, -0.2) is 0 Å². The van der Waals surface area contributed by atoms with Gasteiger partial charge in [0.05, 0.1) is 0 Å². The van der Waals surface area contributed by atoms with E-state index in [2.05, 4.69) is 48.4 Å². The number of hydrogen-bond donors (Lipinski definition) is 1. The normalized spacial score (nSPS) is 11.2. The highest BCUT2D eigenvalue weighted by atomic mass is 16.5. The minimum Gasteiger partial charge on any atom is -0.488 e. The van der Waals surface area contributed by atoms with Crippen molar-refractivity contribution in [3.63, 3.8) is 0 Å². The second kappa shape index (κ2) is 6.02. The second-order valence-corrected chi connectivity index (χ2v) is 5.50. The van der Waals surface area contributed by atoms with Gasteiger partial charge in [0.25, 0.3) is 0 Å². The molecular formula is C18H20N2O. The molecule has 0 radical (unpaired) electrons. The summed E-state index contributed by atoms with van der Waals surface area (Å²) in [5.74, 6) is 0.939. The lowest BCUT2D eigenvalue weighted by Crippen LogP contribution is -2.10. The summed E-state index contributed by atoms with van der Waals surface area (Å²) in [5, 5.41) is 1.18. The summed E-state index contributed by atoms with van der Waals surface area (Å²) in [6.07, 6.45) is 2.07. The molecule has 0 saturated carbocycles. The van der Waals surface area contributed by atoms with Crippen LogP contribution >= 0.6 is 0 Å². The highest BCUT2D eigenvalue weighted by molar-refractivity contribution is 5.89. The fourth-order valence-electron chi connectivity index (χ4n) is 2.54. The van der Waals surface area contributed by atoms with Gasteiger partial charge in [0.1, 0.15) is 12.4 Å². The van der Waals surface area contributed by atoms with Crippen molar-refractivity contribution in [3.8, 4) is 5.75 Å². The largest absolute Gasteiger partial charge is 0.488 e. The molecule has 0 amide bonds. The SMILES string of the molecule is CN(C)Cc1c[nH]c2cccc(OCc3ccccc3)c12. The first-order valence-corrected chi connectivity index (χ1v) is 7.14. The van der Waals surface area contributed by atoms with E-state index in [-0.39, 0.29) is 0 Å². The van der Waals surface area contributed by atoms with Crippen LogP contribution < -0.4 is 4.74 Å². The van der Waals surface area contributed by atoms with E-state index in [4.69, 9.17) is 4.74 Å². The number of nitrogens with zero attached hydrogens (tertiary/aromatic N) is 1. The van der Waals surface area contributed by atoms with E-state index in [9.17, 15) is 0 Å². The zero-order valence-electron chi connectivity index (χ0n) is 12.5. The molecule has 0 aliphatic heterocycles. The van der Waals surface area contributed by atoms with E-state index in [1.165, 1.54) is 16.5 Å². The fourth-order valence-corrected chi connectivity index (χ4v) is 2.54. The molecule has 0 unspecified atom stereocenters. The van der Waals surface area contributed by atoms with Crippen molar-refractivity contribution >= 4 is 10.9 Å². The van der Waals surface area contributed by atoms with Crippen LogP contribution in [-0.4, -0.2) is 24.0 Å². The van der Waals surface area contributed by atoms with Gasteiger partial charge in [-0.05, 0) is 37.4 Å². The number of aromatic amines is 1. The number of fused-ring (bicyclic) bond motifs is 1. The van der Waals surface area contributed by atoms with Crippen LogP contribution in [0.1, 0.15) is 11.1 Å². The first kappa shape index (κ1) is 13.7. The Balaban J connectivity index is 1.89. The van der Waals surface area contributed by atoms with Crippen LogP contribution in [0.3, 0.4) is 0 Å². The Bertz CT molecular complexity index is 716. The summed E-state index contributed by atoms with van der Waals surface area (Å²) >= 11 is 0. The average Bonchev–Trinajstić information content (AvgIpc) is 2.89. The Morgan fingerprint density at radius 3 is 2.57 bits per heavy atom. The molecule has 3 nitrogen and oxygen atoms in total. The van der Waals surface area contributed by atoms with Crippen molar-refractivity contribution < 1.29 is 4.74 Å². The molecule has 0 aliphatic rings. The molecule has 0 atom stereocenters. The number of rotatable bonds is 5. The van der Waals surface area contributed by atoms with Gasteiger partial charge in [0.15, 0.2) is 0 Å². The molecule has 1 aromatic heterocycles. The summed E-state index contributed by atoms with van der Waals surface area (Å²) in [4.78, 5) is 5.49. The quantitative estimate of drug-likeness (QED) is 0.770. The van der Waals surface area contributed by atoms with Crippen molar-refractivity contribution in [2.45, 2.75) is 13.2 Å². The minimum atomic E-state index is 0.590. The molecule has 1 N–H and O–H groups in total. The minimum absolute atomic E-state index is 0.590. The smallest absolute Gasteiger partial charge is 0.129 e. The van der Waals surface area contributed by atoms with Gasteiger partial charge < -0.3 is 14.6 Å². The summed E-state index contributed by atoms with van der Waals surface area (Å²) < 4.78 is 6.05. The Hall–Kier alpha value is -2.26. The van der Waals surface area contributed by atoms with Crippen LogP contribution in [0.5, 0.6) is 5.75 Å². The van der Waals surface area contributed by atoms with Crippen molar-refractivity contribution in [2.24, 2.45) is 0 Å². The lowest BCUT2D eigenvalue weighted by atomic mass is 10.1. The van der Waals surface area contributed by atoms with Gasteiger partial charge in [-0.3, -0.25) is 0 Å². The molecule has 108 valence electrons. The third-order valence-corrected chi connectivity index (χ3v) is 3.47. The Labute approximate surface area is 125 Å². The summed E-state index contributed by atoms with van der Waals surface area (Å²) in [7, 11) is 4.15. The van der Waals surface area contributed by atoms with Gasteiger partial charge in [-0.1, -0.05) is 36.4 Å². The van der Waals surface area contributed by atoms with Crippen LogP contribution in [0.2, 0.25) is 0 Å². The molecule has 2 aromatic carbocycles. The Kier molecular flexibility index (Phi) is 3.93. The van der Waals surface area contributed by atoms with E-state index in [1.54, 1.807) is 0 Å². The first-order valence-electron chi connectivity index (χ1n) is 7.14. The third kappa shape index (κ3) is 3.09. The van der Waals surface area contributed by atoms with Gasteiger partial charge in [0.2, 0.25) is 0 Å². The maximum absolute atomic E-state index is 6.05. The van der Waals surface area contributed by atoms with Gasteiger partial charge >= 0.3 is 0 Å². The topological polar surface area (TPSA) is 28.3 Å². The van der Waals surface area contributed by atoms with E-state index < -0.39 is 0 Å². The van der Waals surface area contributed by atoms with E-state index in [0.717, 1.165) is 17.8 Å². The summed E-state index contributed by atoms with van der Waals surface area (Å²) in [5.41, 5.74) is 3.57. The molecule has 0 fully saturated rings. The molecule has 0 saturated heterocycles. The summed E-state index contributed by atoms with van der Waals surface area (Å²) in [6, 6.07) is 16.4. The van der Waals surface area contributed by atoms with Crippen molar-refractivity contribution in [1.29, 1.82) is 0 Å². The van der Waals surface area contributed by atoms with Crippen LogP contribution in [0.15, 0.2) is 54.7 Å². The highest BCUT2D eigenvalue weighted by Gasteiger charge is 2.10. The van der Waals surface area contributed by atoms with Crippen LogP contribution in [-0.2, 0) is 13.2 Å². The molecule has 21 heavy (non-hydrogen) atoms. The molecule has 1 heterocycles. The molecule has 3 heteroatoms. The van der Waals surface area contributed by atoms with Gasteiger partial charge in [-0.2, -0.15) is 0 Å². The standard InChI is InChI=1S/C18H20N2O/c1-20(2)12-15-11-19-16-9-6-10-17(18(15)16)21-13-14-7-4-3-5-8-14/h3-11,19H,12-13H2,1-2H3. The van der Waals surface area contributed by atoms with Crippen molar-refractivity contribution in [2.75, 3.05) is 14.1 Å². The number of benzene rings is 2. The average molecular weight is 280 g/mol. The van der Waals surface area contributed by atoms with Crippen LogP contribution in [0.4, 0.5) is 0 Å². The maximum atomic E-state index is 6.05. The molecule has 3 rings (SSSR count). The predicted octanol–water partition coefficient (Wildman–Crippen LogP) is 3.81. The molecular weight excluding hydrogens is 260 g/mol. The van der Waals surface area contributed by atoms with E-state index in [0.29, 0.717) is 6.61 Å². The molecule has 3 aromatic rings. The number of hydrogen-bond acceptors (Lipinski definition) is 2. The van der Waals surface area contributed by atoms with Gasteiger partial charge in [-0.15, -0.1) is 0 Å². The third-order valence-electron chi connectivity index (χ3n) is 3.47. The van der Waals surface area contributed by atoms with E-state index >= 15 is 0 Å². The number of nitrogens with one attached hydrogen (secondary N) is 1. The van der Waals surface area contributed by atoms with Crippen LogP contribution in [0, 0.1) is 0 Å². The van der Waals surface area contributed by atoms with Crippen molar-refractivity contribution in [3.05, 3.63) is 65.9 Å². The van der Waals surface area contributed by atoms with Crippen LogP contribution in [0.25, 0.3) is 10.9 Å². The number of aromatic nitrogens is 1. The molecule has 0 aliphatic carbocycles. The van der Waals surface area contributed by atoms with E-state index in [1.807, 2.05) is 30.3 Å². The summed E-state index contributed by atoms with van der Waals surface area (Å²) in [6.45, 7) is 1.48. The molecule has 0 bridgehead atoms.